The molecule has 0 unspecified atom stereocenters. The molecular weight excluding hydrogens is 912 g/mol. The summed E-state index contributed by atoms with van der Waals surface area (Å²) in [5.74, 6) is -0.740. The zero-order valence-electron chi connectivity index (χ0n) is 26.0. The largest absolute Gasteiger partial charge is 0.507 e. The predicted molar refractivity (Wildman–Crippen MR) is 201 cm³/mol. The van der Waals surface area contributed by atoms with E-state index in [1.807, 2.05) is 0 Å². The first-order chi connectivity index (χ1) is 23.9. The first kappa shape index (κ1) is 38.7. The zero-order chi connectivity index (χ0) is 36.4. The summed E-state index contributed by atoms with van der Waals surface area (Å²) in [6.07, 6.45) is 0.894. The molecule has 0 aromatic heterocycles. The van der Waals surface area contributed by atoms with E-state index in [1.54, 1.807) is 60.7 Å². The molecule has 0 bridgehead atoms. The van der Waals surface area contributed by atoms with Gasteiger partial charge < -0.3 is 41.1 Å². The Bertz CT molecular complexity index is 1960. The third kappa shape index (κ3) is 10.7. The monoisotopic (exact) mass is 938 g/mol. The number of phenolic OH excluding ortho intramolecular Hbond substituents is 3. The van der Waals surface area contributed by atoms with E-state index < -0.39 is 11.8 Å². The fourth-order valence-electron chi connectivity index (χ4n) is 4.63. The summed E-state index contributed by atoms with van der Waals surface area (Å²) in [7, 11) is 0. The summed E-state index contributed by atoms with van der Waals surface area (Å²) in [6, 6.07) is 18.1. The predicted octanol–water partition coefficient (Wildman–Crippen LogP) is 7.11. The Balaban J connectivity index is 1.36. The highest BCUT2D eigenvalue weighted by atomic mass is 79.9. The van der Waals surface area contributed by atoms with E-state index in [0.717, 1.165) is 11.1 Å². The molecule has 0 heterocycles. The molecule has 0 atom stereocenters. The van der Waals surface area contributed by atoms with Gasteiger partial charge in [0, 0.05) is 25.9 Å². The van der Waals surface area contributed by atoms with Crippen LogP contribution in [0.15, 0.2) is 94.9 Å². The number of nitrogens with one attached hydrogen (secondary N) is 2. The lowest BCUT2D eigenvalue weighted by Gasteiger charge is -2.14. The van der Waals surface area contributed by atoms with Crippen LogP contribution < -0.4 is 15.4 Å². The summed E-state index contributed by atoms with van der Waals surface area (Å²) in [5.41, 5.74) is 2.62. The van der Waals surface area contributed by atoms with E-state index >= 15 is 0 Å². The maximum atomic E-state index is 12.8. The molecule has 2 amide bonds. The van der Waals surface area contributed by atoms with Crippen LogP contribution in [0.3, 0.4) is 0 Å². The van der Waals surface area contributed by atoms with Gasteiger partial charge in [0.05, 0.1) is 17.9 Å². The second-order valence-electron chi connectivity index (χ2n) is 10.8. The molecule has 12 nitrogen and oxygen atoms in total. The van der Waals surface area contributed by atoms with Gasteiger partial charge >= 0.3 is 0 Å². The van der Waals surface area contributed by atoms with Crippen LogP contribution in [0.5, 0.6) is 28.7 Å². The number of ether oxygens (including phenoxy) is 1. The maximum absolute atomic E-state index is 12.8. The quantitative estimate of drug-likeness (QED) is 0.0395. The Labute approximate surface area is 320 Å². The number of carbonyl (C=O) groups excluding carboxylic acids is 2. The summed E-state index contributed by atoms with van der Waals surface area (Å²) >= 11 is 13.3. The van der Waals surface area contributed by atoms with Gasteiger partial charge in [-0.3, -0.25) is 9.59 Å². The van der Waals surface area contributed by atoms with Crippen LogP contribution in [0.1, 0.15) is 22.3 Å². The Hall–Kier alpha value is -4.12. The van der Waals surface area contributed by atoms with Gasteiger partial charge in [0.1, 0.15) is 28.7 Å². The highest BCUT2D eigenvalue weighted by molar-refractivity contribution is 9.11. The zero-order valence-corrected chi connectivity index (χ0v) is 32.3. The van der Waals surface area contributed by atoms with Crippen molar-refractivity contribution in [1.82, 2.24) is 10.6 Å². The molecule has 0 aliphatic rings. The van der Waals surface area contributed by atoms with Gasteiger partial charge in [-0.15, -0.1) is 0 Å². The van der Waals surface area contributed by atoms with Gasteiger partial charge in [-0.1, -0.05) is 28.5 Å². The number of halogens is 4. The number of hydrogen-bond donors (Lipinski definition) is 7. The van der Waals surface area contributed by atoms with Crippen molar-refractivity contribution in [2.24, 2.45) is 10.3 Å². The smallest absolute Gasteiger partial charge is 0.269 e. The third-order valence-electron chi connectivity index (χ3n) is 7.24. The molecule has 0 fully saturated rings. The van der Waals surface area contributed by atoms with Crippen LogP contribution in [-0.4, -0.2) is 62.1 Å². The molecule has 50 heavy (non-hydrogen) atoms. The van der Waals surface area contributed by atoms with E-state index in [2.05, 4.69) is 84.7 Å². The Morgan fingerprint density at radius 3 is 1.52 bits per heavy atom. The van der Waals surface area contributed by atoms with Gasteiger partial charge in [0.15, 0.2) is 11.5 Å². The van der Waals surface area contributed by atoms with Crippen molar-refractivity contribution in [3.8, 4) is 28.7 Å². The third-order valence-corrected chi connectivity index (χ3v) is 9.73. The normalized spacial score (nSPS) is 11.7. The lowest BCUT2D eigenvalue weighted by Crippen LogP contribution is -2.33. The van der Waals surface area contributed by atoms with Crippen molar-refractivity contribution in [1.29, 1.82) is 0 Å². The molecule has 4 aromatic carbocycles. The Kier molecular flexibility index (Phi) is 14.1. The number of rotatable bonds is 14. The standard InChI is InChI=1S/C34H30Br4N4O8/c35-22-11-18(1-4-28(22)43)7-9-39-33(46)26(41-48)15-20-3-6-30(24(37)13-20)50-31-17-21(14-25(38)32(31)45)16-27(42-49)34(47)40-10-8-19-2-5-29(44)23(36)12-19/h1-6,11-14,17,43-45,48-49H,7-10,15-16H2,(H,39,46)(H,40,47)/b41-26-,42-27-. The second kappa shape index (κ2) is 18.2. The number of benzene rings is 4. The van der Waals surface area contributed by atoms with E-state index in [9.17, 15) is 35.3 Å². The molecule has 4 aromatic rings. The SMILES string of the molecule is O=C(NCCc1ccc(O)c(Br)c1)/C(Cc1ccc(Oc2cc(C/C(=N/O)C(=O)NCCc3ccc(O)c(Br)c3)cc(Br)c2O)c(Br)c1)=N\O. The van der Waals surface area contributed by atoms with Crippen LogP contribution in [0.25, 0.3) is 0 Å². The molecule has 16 heteroatoms. The summed E-state index contributed by atoms with van der Waals surface area (Å²) in [5, 5.41) is 60.9. The molecule has 0 spiro atoms. The van der Waals surface area contributed by atoms with Gasteiger partial charge in [0.25, 0.3) is 11.8 Å². The van der Waals surface area contributed by atoms with E-state index in [-0.39, 0.29) is 64.8 Å². The minimum absolute atomic E-state index is 0.01000. The molecule has 262 valence electrons. The molecule has 4 rings (SSSR count). The Morgan fingerprint density at radius 1 is 0.580 bits per heavy atom. The molecule has 0 aliphatic carbocycles. The van der Waals surface area contributed by atoms with Crippen molar-refractivity contribution in [3.63, 3.8) is 0 Å². The average molecular weight is 942 g/mol. The van der Waals surface area contributed by atoms with Gasteiger partial charge in [-0.25, -0.2) is 0 Å². The summed E-state index contributed by atoms with van der Waals surface area (Å²) < 4.78 is 7.82. The first-order valence-corrected chi connectivity index (χ1v) is 18.0. The van der Waals surface area contributed by atoms with Crippen LogP contribution in [0, 0.1) is 0 Å². The summed E-state index contributed by atoms with van der Waals surface area (Å²) in [4.78, 5) is 25.4. The molecular formula is C34H30Br4N4O8. The number of carbonyl (C=O) groups is 2. The maximum Gasteiger partial charge on any atom is 0.269 e. The van der Waals surface area contributed by atoms with Gasteiger partial charge in [0.2, 0.25) is 0 Å². The first-order valence-electron chi connectivity index (χ1n) is 14.8. The van der Waals surface area contributed by atoms with Crippen molar-refractivity contribution in [2.45, 2.75) is 25.7 Å². The summed E-state index contributed by atoms with van der Waals surface area (Å²) in [6.45, 7) is 0.529. The molecule has 0 aliphatic heterocycles. The van der Waals surface area contributed by atoms with E-state index in [0.29, 0.717) is 43.1 Å². The highest BCUT2D eigenvalue weighted by Gasteiger charge is 2.19. The van der Waals surface area contributed by atoms with Crippen molar-refractivity contribution in [3.05, 3.63) is 107 Å². The number of nitrogens with zero attached hydrogens (tertiary/aromatic N) is 2. The number of amides is 2. The minimum atomic E-state index is -0.583. The lowest BCUT2D eigenvalue weighted by atomic mass is 10.1. The van der Waals surface area contributed by atoms with E-state index in [4.69, 9.17) is 4.74 Å². The molecule has 0 saturated heterocycles. The van der Waals surface area contributed by atoms with Crippen LogP contribution in [0.2, 0.25) is 0 Å². The topological polar surface area (TPSA) is 193 Å². The number of oxime groups is 2. The minimum Gasteiger partial charge on any atom is -0.507 e. The van der Waals surface area contributed by atoms with Crippen LogP contribution >= 0.6 is 63.7 Å². The fraction of sp³-hybridized carbons (Fsp3) is 0.176. The van der Waals surface area contributed by atoms with Crippen molar-refractivity contribution < 1.29 is 40.1 Å². The fourth-order valence-corrected chi connectivity index (χ4v) is 6.48. The van der Waals surface area contributed by atoms with Crippen LogP contribution in [-0.2, 0) is 35.3 Å². The van der Waals surface area contributed by atoms with Gasteiger partial charge in [-0.2, -0.15) is 0 Å². The van der Waals surface area contributed by atoms with Crippen molar-refractivity contribution in [2.75, 3.05) is 13.1 Å². The van der Waals surface area contributed by atoms with Crippen molar-refractivity contribution >= 4 is 87.0 Å². The molecule has 0 radical (unpaired) electrons. The number of phenols is 3. The average Bonchev–Trinajstić information content (AvgIpc) is 3.08. The molecule has 7 N–H and O–H groups in total. The van der Waals surface area contributed by atoms with Gasteiger partial charge in [-0.05, 0) is 147 Å². The van der Waals surface area contributed by atoms with Crippen LogP contribution in [0.4, 0.5) is 0 Å². The number of aromatic hydroxyl groups is 3. The molecule has 0 saturated carbocycles. The Morgan fingerprint density at radius 2 is 1.04 bits per heavy atom. The highest BCUT2D eigenvalue weighted by Crippen LogP contribution is 2.40. The lowest BCUT2D eigenvalue weighted by molar-refractivity contribution is -0.115. The second-order valence-corrected chi connectivity index (χ2v) is 14.2. The number of hydrogen-bond acceptors (Lipinski definition) is 10. The van der Waals surface area contributed by atoms with E-state index in [1.165, 1.54) is 6.07 Å².